The minimum Gasteiger partial charge on any atom is -0.207 e. The third kappa shape index (κ3) is 3.02. The first-order chi connectivity index (χ1) is 8.43. The van der Waals surface area contributed by atoms with Crippen molar-refractivity contribution in [1.29, 1.82) is 0 Å². The van der Waals surface area contributed by atoms with Crippen molar-refractivity contribution in [2.24, 2.45) is 5.92 Å². The second-order valence-corrected chi connectivity index (χ2v) is 7.74. The van der Waals surface area contributed by atoms with E-state index in [1.54, 1.807) is 0 Å². The van der Waals surface area contributed by atoms with Gasteiger partial charge in [-0.15, -0.1) is 0 Å². The molecule has 1 aromatic rings. The average Bonchev–Trinajstić information content (AvgIpc) is 2.76. The van der Waals surface area contributed by atoms with Crippen LogP contribution in [-0.4, -0.2) is 31.1 Å². The summed E-state index contributed by atoms with van der Waals surface area (Å²) in [5.74, 6) is 0.370. The molecule has 18 heavy (non-hydrogen) atoms. The summed E-state index contributed by atoms with van der Waals surface area (Å²) in [6.07, 6.45) is 0.874. The van der Waals surface area contributed by atoms with E-state index in [0.29, 0.717) is 29.1 Å². The molecule has 1 fully saturated rings. The van der Waals surface area contributed by atoms with Gasteiger partial charge in [-0.25, -0.2) is 8.42 Å². The first-order valence-corrected chi connectivity index (χ1v) is 8.77. The zero-order chi connectivity index (χ0) is 13.3. The molecular weight excluding hydrogens is 361 g/mol. The maximum Gasteiger partial charge on any atom is 0.243 e. The van der Waals surface area contributed by atoms with Crippen LogP contribution in [0.1, 0.15) is 6.42 Å². The lowest BCUT2D eigenvalue weighted by Crippen LogP contribution is -2.29. The van der Waals surface area contributed by atoms with Crippen molar-refractivity contribution in [3.05, 3.63) is 28.2 Å². The van der Waals surface area contributed by atoms with Crippen molar-refractivity contribution in [1.82, 2.24) is 4.31 Å². The van der Waals surface area contributed by atoms with E-state index in [4.69, 9.17) is 23.2 Å². The van der Waals surface area contributed by atoms with Crippen LogP contribution in [0.2, 0.25) is 10.0 Å². The number of rotatable bonds is 3. The number of hydrogen-bond acceptors (Lipinski definition) is 2. The van der Waals surface area contributed by atoms with E-state index in [1.807, 2.05) is 0 Å². The van der Waals surface area contributed by atoms with Crippen molar-refractivity contribution >= 4 is 49.2 Å². The van der Waals surface area contributed by atoms with Gasteiger partial charge >= 0.3 is 0 Å². The first kappa shape index (κ1) is 14.6. The maximum absolute atomic E-state index is 12.4. The molecule has 1 saturated heterocycles. The Balaban J connectivity index is 2.31. The van der Waals surface area contributed by atoms with Crippen LogP contribution in [0.25, 0.3) is 0 Å². The second kappa shape index (κ2) is 5.67. The molecule has 1 unspecified atom stereocenters. The molecule has 1 atom stereocenters. The minimum absolute atomic E-state index is 0.162. The molecule has 100 valence electrons. The van der Waals surface area contributed by atoms with Gasteiger partial charge in [0, 0.05) is 28.5 Å². The second-order valence-electron chi connectivity index (χ2n) is 4.28. The fourth-order valence-corrected chi connectivity index (χ4v) is 4.75. The van der Waals surface area contributed by atoms with Gasteiger partial charge in [0.15, 0.2) is 0 Å². The molecule has 0 amide bonds. The molecule has 2 rings (SSSR count). The number of nitrogens with zero attached hydrogens (tertiary/aromatic N) is 1. The summed E-state index contributed by atoms with van der Waals surface area (Å²) in [7, 11) is -3.48. The number of halogens is 3. The van der Waals surface area contributed by atoms with Gasteiger partial charge in [-0.05, 0) is 30.5 Å². The summed E-state index contributed by atoms with van der Waals surface area (Å²) in [5, 5.41) is 1.48. The zero-order valence-corrected chi connectivity index (χ0v) is 13.4. The Morgan fingerprint density at radius 2 is 1.89 bits per heavy atom. The van der Waals surface area contributed by atoms with Gasteiger partial charge in [0.25, 0.3) is 0 Å². The van der Waals surface area contributed by atoms with Gasteiger partial charge in [-0.2, -0.15) is 4.31 Å². The van der Waals surface area contributed by atoms with Crippen molar-refractivity contribution in [2.75, 3.05) is 18.4 Å². The molecule has 1 aliphatic rings. The van der Waals surface area contributed by atoms with Crippen LogP contribution in [0.15, 0.2) is 23.1 Å². The topological polar surface area (TPSA) is 37.4 Å². The Hall–Kier alpha value is 0.190. The molecule has 0 saturated carbocycles. The van der Waals surface area contributed by atoms with Gasteiger partial charge < -0.3 is 0 Å². The smallest absolute Gasteiger partial charge is 0.207 e. The molecule has 1 aliphatic heterocycles. The molecule has 0 aromatic heterocycles. The van der Waals surface area contributed by atoms with Gasteiger partial charge in [0.2, 0.25) is 10.0 Å². The molecule has 1 heterocycles. The van der Waals surface area contributed by atoms with Crippen LogP contribution in [0.3, 0.4) is 0 Å². The molecule has 0 N–H and O–H groups in total. The van der Waals surface area contributed by atoms with E-state index in [0.717, 1.165) is 11.8 Å². The van der Waals surface area contributed by atoms with Crippen LogP contribution >= 0.6 is 39.1 Å². The Bertz CT molecular complexity index is 530. The standard InChI is InChI=1S/C11H12BrCl2NO2S/c12-6-8-1-2-15(7-8)18(16,17)11-4-9(13)3-10(14)5-11/h3-5,8H,1-2,6-7H2. The normalized spacial score (nSPS) is 21.4. The number of benzene rings is 1. The Labute approximate surface area is 125 Å². The highest BCUT2D eigenvalue weighted by molar-refractivity contribution is 9.09. The maximum atomic E-state index is 12.4. The minimum atomic E-state index is -3.48. The Morgan fingerprint density at radius 3 is 2.39 bits per heavy atom. The predicted octanol–water partition coefficient (Wildman–Crippen LogP) is 3.40. The van der Waals surface area contributed by atoms with Crippen LogP contribution < -0.4 is 0 Å². The summed E-state index contributed by atoms with van der Waals surface area (Å²) >= 11 is 15.1. The van der Waals surface area contributed by atoms with Crippen molar-refractivity contribution in [3.63, 3.8) is 0 Å². The van der Waals surface area contributed by atoms with E-state index in [1.165, 1.54) is 22.5 Å². The summed E-state index contributed by atoms with van der Waals surface area (Å²) in [4.78, 5) is 0.162. The summed E-state index contributed by atoms with van der Waals surface area (Å²) in [5.41, 5.74) is 0. The van der Waals surface area contributed by atoms with Gasteiger partial charge in [-0.3, -0.25) is 0 Å². The average molecular weight is 373 g/mol. The molecule has 0 radical (unpaired) electrons. The van der Waals surface area contributed by atoms with Gasteiger partial charge in [-0.1, -0.05) is 39.1 Å². The lowest BCUT2D eigenvalue weighted by molar-refractivity contribution is 0.466. The summed E-state index contributed by atoms with van der Waals surface area (Å²) in [6.45, 7) is 1.08. The van der Waals surface area contributed by atoms with Crippen molar-refractivity contribution < 1.29 is 8.42 Å². The highest BCUT2D eigenvalue weighted by atomic mass is 79.9. The number of sulfonamides is 1. The number of alkyl halides is 1. The largest absolute Gasteiger partial charge is 0.243 e. The van der Waals surface area contributed by atoms with Gasteiger partial charge in [0.05, 0.1) is 4.90 Å². The molecule has 0 spiro atoms. The van der Waals surface area contributed by atoms with E-state index in [9.17, 15) is 8.42 Å². The van der Waals surface area contributed by atoms with Crippen LogP contribution in [-0.2, 0) is 10.0 Å². The third-order valence-electron chi connectivity index (χ3n) is 2.94. The third-order valence-corrected chi connectivity index (χ3v) is 6.14. The molecule has 0 aliphatic carbocycles. The van der Waals surface area contributed by atoms with Gasteiger partial charge in [0.1, 0.15) is 0 Å². The van der Waals surface area contributed by atoms with E-state index in [-0.39, 0.29) is 4.90 Å². The van der Waals surface area contributed by atoms with E-state index >= 15 is 0 Å². The quantitative estimate of drug-likeness (QED) is 0.762. The molecule has 0 bridgehead atoms. The number of hydrogen-bond donors (Lipinski definition) is 0. The predicted molar refractivity (Wildman–Crippen MR) is 77.1 cm³/mol. The summed E-state index contributed by atoms with van der Waals surface area (Å²) in [6, 6.07) is 4.39. The van der Waals surface area contributed by atoms with Crippen LogP contribution in [0, 0.1) is 5.92 Å². The highest BCUT2D eigenvalue weighted by Crippen LogP contribution is 2.28. The van der Waals surface area contributed by atoms with Crippen molar-refractivity contribution in [3.8, 4) is 0 Å². The Morgan fingerprint density at radius 1 is 1.28 bits per heavy atom. The molecule has 1 aromatic carbocycles. The fourth-order valence-electron chi connectivity index (χ4n) is 1.97. The van der Waals surface area contributed by atoms with Crippen LogP contribution in [0.4, 0.5) is 0 Å². The molecule has 3 nitrogen and oxygen atoms in total. The highest BCUT2D eigenvalue weighted by Gasteiger charge is 2.32. The van der Waals surface area contributed by atoms with Crippen molar-refractivity contribution in [2.45, 2.75) is 11.3 Å². The monoisotopic (exact) mass is 371 g/mol. The lowest BCUT2D eigenvalue weighted by Gasteiger charge is -2.16. The van der Waals surface area contributed by atoms with E-state index in [2.05, 4.69) is 15.9 Å². The lowest BCUT2D eigenvalue weighted by atomic mass is 10.2. The Kier molecular flexibility index (Phi) is 4.60. The molecular formula is C11H12BrCl2NO2S. The van der Waals surface area contributed by atoms with Crippen LogP contribution in [0.5, 0.6) is 0 Å². The fraction of sp³-hybridized carbons (Fsp3) is 0.455. The molecule has 7 heteroatoms. The zero-order valence-electron chi connectivity index (χ0n) is 9.44. The SMILES string of the molecule is O=S(=O)(c1cc(Cl)cc(Cl)c1)N1CCC(CBr)C1. The van der Waals surface area contributed by atoms with E-state index < -0.39 is 10.0 Å². The summed E-state index contributed by atoms with van der Waals surface area (Å²) < 4.78 is 26.3. The first-order valence-electron chi connectivity index (χ1n) is 5.45.